The van der Waals surface area contributed by atoms with E-state index in [1.807, 2.05) is 0 Å². The molecule has 19 heavy (non-hydrogen) atoms. The molecular weight excluding hydrogens is 236 g/mol. The van der Waals surface area contributed by atoms with Crippen molar-refractivity contribution in [2.24, 2.45) is 0 Å². The Morgan fingerprint density at radius 1 is 1.21 bits per heavy atom. The van der Waals surface area contributed by atoms with Crippen LogP contribution in [0.4, 0.5) is 11.6 Å². The summed E-state index contributed by atoms with van der Waals surface area (Å²) in [4.78, 5) is 11.6. The predicted molar refractivity (Wildman–Crippen MR) is 83.0 cm³/mol. The van der Waals surface area contributed by atoms with Crippen molar-refractivity contribution in [1.29, 1.82) is 0 Å². The number of nitrogens with zero attached hydrogens (tertiary/aromatic N) is 3. The molecule has 0 radical (unpaired) electrons. The van der Waals surface area contributed by atoms with Gasteiger partial charge in [0.1, 0.15) is 17.5 Å². The minimum Gasteiger partial charge on any atom is -0.370 e. The normalized spacial score (nSPS) is 12.3. The highest BCUT2D eigenvalue weighted by atomic mass is 15.2. The summed E-state index contributed by atoms with van der Waals surface area (Å²) in [6.07, 6.45) is 3.09. The van der Waals surface area contributed by atoms with Gasteiger partial charge in [-0.1, -0.05) is 20.8 Å². The highest BCUT2D eigenvalue weighted by molar-refractivity contribution is 5.50. The monoisotopic (exact) mass is 264 g/mol. The van der Waals surface area contributed by atoms with Gasteiger partial charge in [0, 0.05) is 31.6 Å². The lowest BCUT2D eigenvalue weighted by Gasteiger charge is -2.29. The van der Waals surface area contributed by atoms with Crippen molar-refractivity contribution in [2.45, 2.75) is 59.9 Å². The van der Waals surface area contributed by atoms with Crippen molar-refractivity contribution in [3.8, 4) is 0 Å². The molecule has 0 aliphatic carbocycles. The Bertz CT molecular complexity index is 378. The van der Waals surface area contributed by atoms with Crippen LogP contribution in [0.1, 0.15) is 53.3 Å². The number of hydrogen-bond acceptors (Lipinski definition) is 4. The summed E-state index contributed by atoms with van der Waals surface area (Å²) in [5.41, 5.74) is 0. The predicted octanol–water partition coefficient (Wildman–Crippen LogP) is 3.49. The lowest BCUT2D eigenvalue weighted by molar-refractivity contribution is 0.620. The van der Waals surface area contributed by atoms with E-state index >= 15 is 0 Å². The molecule has 4 nitrogen and oxygen atoms in total. The van der Waals surface area contributed by atoms with Crippen molar-refractivity contribution in [2.75, 3.05) is 23.3 Å². The fraction of sp³-hybridized carbons (Fsp3) is 0.733. The van der Waals surface area contributed by atoms with Crippen LogP contribution in [0.25, 0.3) is 0 Å². The summed E-state index contributed by atoms with van der Waals surface area (Å²) in [5.74, 6) is 2.91. The second-order valence-corrected chi connectivity index (χ2v) is 4.85. The third-order valence-corrected chi connectivity index (χ3v) is 3.39. The number of anilines is 2. The zero-order valence-corrected chi connectivity index (χ0v) is 13.0. The van der Waals surface area contributed by atoms with E-state index in [2.05, 4.69) is 60.9 Å². The van der Waals surface area contributed by atoms with E-state index in [-0.39, 0.29) is 0 Å². The molecule has 0 aromatic carbocycles. The molecule has 1 aromatic heterocycles. The summed E-state index contributed by atoms with van der Waals surface area (Å²) in [5, 5.41) is 3.37. The molecular formula is C15H28N4. The highest BCUT2D eigenvalue weighted by Crippen LogP contribution is 2.19. The van der Waals surface area contributed by atoms with Gasteiger partial charge in [-0.25, -0.2) is 9.97 Å². The maximum atomic E-state index is 4.67. The molecule has 0 spiro atoms. The maximum absolute atomic E-state index is 4.67. The molecule has 0 saturated heterocycles. The Morgan fingerprint density at radius 3 is 2.47 bits per heavy atom. The topological polar surface area (TPSA) is 41.0 Å². The molecule has 1 unspecified atom stereocenters. The number of rotatable bonds is 8. The van der Waals surface area contributed by atoms with Gasteiger partial charge in [0.25, 0.3) is 0 Å². The fourth-order valence-corrected chi connectivity index (χ4v) is 2.05. The average molecular weight is 264 g/mol. The van der Waals surface area contributed by atoms with Gasteiger partial charge in [0.05, 0.1) is 0 Å². The maximum Gasteiger partial charge on any atom is 0.134 e. The Balaban J connectivity index is 3.03. The van der Waals surface area contributed by atoms with Crippen molar-refractivity contribution in [3.63, 3.8) is 0 Å². The van der Waals surface area contributed by atoms with Crippen molar-refractivity contribution < 1.29 is 0 Å². The first-order valence-corrected chi connectivity index (χ1v) is 7.54. The summed E-state index contributed by atoms with van der Waals surface area (Å²) >= 11 is 0. The van der Waals surface area contributed by atoms with Gasteiger partial charge in [-0.2, -0.15) is 0 Å². The number of nitrogens with one attached hydrogen (secondary N) is 1. The van der Waals surface area contributed by atoms with E-state index in [0.717, 1.165) is 49.8 Å². The Morgan fingerprint density at radius 2 is 1.95 bits per heavy atom. The van der Waals surface area contributed by atoms with E-state index in [9.17, 15) is 0 Å². The average Bonchev–Trinajstić information content (AvgIpc) is 2.45. The summed E-state index contributed by atoms with van der Waals surface area (Å²) in [6.45, 7) is 12.8. The molecule has 1 aromatic rings. The first-order valence-electron chi connectivity index (χ1n) is 7.54. The Kier molecular flexibility index (Phi) is 6.60. The number of aryl methyl sites for hydroxylation is 1. The van der Waals surface area contributed by atoms with Gasteiger partial charge in [0.15, 0.2) is 0 Å². The first-order chi connectivity index (χ1) is 9.15. The van der Waals surface area contributed by atoms with Crippen molar-refractivity contribution in [1.82, 2.24) is 9.97 Å². The lowest BCUT2D eigenvalue weighted by atomic mass is 10.2. The molecule has 0 bridgehead atoms. The standard InChI is InChI=1S/C15H28N4/c1-6-10-16-14-11-15(18-13(8-3)17-14)19(9-4)12(5)7-2/h11-12H,6-10H2,1-5H3,(H,16,17,18). The molecule has 1 heterocycles. The second kappa shape index (κ2) is 7.97. The third-order valence-electron chi connectivity index (χ3n) is 3.39. The van der Waals surface area contributed by atoms with Gasteiger partial charge in [0.2, 0.25) is 0 Å². The van der Waals surface area contributed by atoms with Crippen LogP contribution >= 0.6 is 0 Å². The van der Waals surface area contributed by atoms with Crippen LogP contribution in [0, 0.1) is 0 Å². The van der Waals surface area contributed by atoms with Crippen molar-refractivity contribution in [3.05, 3.63) is 11.9 Å². The second-order valence-electron chi connectivity index (χ2n) is 4.85. The SMILES string of the molecule is CCCNc1cc(N(CC)C(C)CC)nc(CC)n1. The van der Waals surface area contributed by atoms with E-state index in [1.54, 1.807) is 0 Å². The van der Waals surface area contributed by atoms with Crippen LogP contribution in [0.2, 0.25) is 0 Å². The molecule has 0 aliphatic rings. The zero-order valence-electron chi connectivity index (χ0n) is 13.0. The third kappa shape index (κ3) is 4.37. The van der Waals surface area contributed by atoms with Crippen molar-refractivity contribution >= 4 is 11.6 Å². The minimum atomic E-state index is 0.503. The molecule has 1 rings (SSSR count). The van der Waals surface area contributed by atoms with Gasteiger partial charge < -0.3 is 10.2 Å². The zero-order chi connectivity index (χ0) is 14.3. The number of aromatic nitrogens is 2. The van der Waals surface area contributed by atoms with Gasteiger partial charge in [-0.15, -0.1) is 0 Å². The van der Waals surface area contributed by atoms with E-state index in [0.29, 0.717) is 6.04 Å². The van der Waals surface area contributed by atoms with Crippen LogP contribution < -0.4 is 10.2 Å². The fourth-order valence-electron chi connectivity index (χ4n) is 2.05. The molecule has 1 N–H and O–H groups in total. The molecule has 0 fully saturated rings. The molecule has 1 atom stereocenters. The summed E-state index contributed by atoms with van der Waals surface area (Å²) < 4.78 is 0. The molecule has 0 amide bonds. The molecule has 0 saturated carbocycles. The minimum absolute atomic E-state index is 0.503. The number of hydrogen-bond donors (Lipinski definition) is 1. The molecule has 0 aliphatic heterocycles. The van der Waals surface area contributed by atoms with E-state index in [4.69, 9.17) is 0 Å². The largest absolute Gasteiger partial charge is 0.370 e. The van der Waals surface area contributed by atoms with E-state index in [1.165, 1.54) is 0 Å². The summed E-state index contributed by atoms with van der Waals surface area (Å²) in [7, 11) is 0. The van der Waals surface area contributed by atoms with Crippen LogP contribution in [-0.2, 0) is 6.42 Å². The van der Waals surface area contributed by atoms with Gasteiger partial charge in [-0.05, 0) is 26.7 Å². The Hall–Kier alpha value is -1.32. The van der Waals surface area contributed by atoms with Crippen LogP contribution in [0.15, 0.2) is 6.07 Å². The molecule has 108 valence electrons. The summed E-state index contributed by atoms with van der Waals surface area (Å²) in [6, 6.07) is 2.58. The highest BCUT2D eigenvalue weighted by Gasteiger charge is 2.14. The van der Waals surface area contributed by atoms with E-state index < -0.39 is 0 Å². The smallest absolute Gasteiger partial charge is 0.134 e. The van der Waals surface area contributed by atoms with Crippen LogP contribution in [0.5, 0.6) is 0 Å². The quantitative estimate of drug-likeness (QED) is 0.780. The lowest BCUT2D eigenvalue weighted by Crippen LogP contribution is -2.33. The molecule has 4 heteroatoms. The van der Waals surface area contributed by atoms with Crippen LogP contribution in [-0.4, -0.2) is 29.1 Å². The van der Waals surface area contributed by atoms with Gasteiger partial charge in [-0.3, -0.25) is 0 Å². The van der Waals surface area contributed by atoms with Gasteiger partial charge >= 0.3 is 0 Å². The van der Waals surface area contributed by atoms with Crippen LogP contribution in [0.3, 0.4) is 0 Å². The Labute approximate surface area is 117 Å². The first kappa shape index (κ1) is 15.7.